The van der Waals surface area contributed by atoms with Crippen molar-refractivity contribution in [2.24, 2.45) is 0 Å². The second kappa shape index (κ2) is 7.99. The van der Waals surface area contributed by atoms with E-state index in [-0.39, 0.29) is 35.7 Å². The van der Waals surface area contributed by atoms with Crippen molar-refractivity contribution in [2.45, 2.75) is 44.6 Å². The van der Waals surface area contributed by atoms with E-state index in [9.17, 15) is 15.0 Å². The Balaban J connectivity index is 0.00000200. The standard InChI is InChI=1S/C16H20O3.Na/c1-11(16(18)19)13-8-6-12(7-9-13)10-14-4-2-3-5-15(14)17;/h6-11,15,17H,2-5H2,1H3,(H,18,19);/q;+1/p-1/b14-10-;. The Bertz CT molecular complexity index is 479. The molecule has 0 radical (unpaired) electrons. The molecule has 0 spiro atoms. The molecule has 0 aromatic heterocycles. The van der Waals surface area contributed by atoms with Crippen LogP contribution in [0.1, 0.15) is 49.7 Å². The van der Waals surface area contributed by atoms with E-state index in [1.165, 1.54) is 0 Å². The number of benzene rings is 1. The van der Waals surface area contributed by atoms with E-state index < -0.39 is 11.9 Å². The van der Waals surface area contributed by atoms with E-state index in [1.54, 1.807) is 6.92 Å². The number of hydrogen-bond acceptors (Lipinski definition) is 3. The van der Waals surface area contributed by atoms with Crippen molar-refractivity contribution in [3.8, 4) is 0 Å². The van der Waals surface area contributed by atoms with Crippen molar-refractivity contribution in [2.75, 3.05) is 0 Å². The van der Waals surface area contributed by atoms with Gasteiger partial charge in [0.25, 0.3) is 0 Å². The van der Waals surface area contributed by atoms with Crippen LogP contribution < -0.4 is 34.7 Å². The Labute approximate surface area is 142 Å². The third-order valence-corrected chi connectivity index (χ3v) is 3.76. The molecular weight excluding hydrogens is 263 g/mol. The van der Waals surface area contributed by atoms with Crippen molar-refractivity contribution < 1.29 is 44.6 Å². The topological polar surface area (TPSA) is 60.4 Å². The van der Waals surface area contributed by atoms with E-state index in [4.69, 9.17) is 0 Å². The van der Waals surface area contributed by atoms with Gasteiger partial charge in [-0.25, -0.2) is 0 Å². The molecule has 3 nitrogen and oxygen atoms in total. The van der Waals surface area contributed by atoms with Crippen LogP contribution in [0.5, 0.6) is 0 Å². The largest absolute Gasteiger partial charge is 1.00 e. The number of hydrogen-bond donors (Lipinski definition) is 1. The molecular formula is C16H19NaO3. The zero-order valence-corrected chi connectivity index (χ0v) is 14.1. The van der Waals surface area contributed by atoms with Gasteiger partial charge in [-0.2, -0.15) is 0 Å². The van der Waals surface area contributed by atoms with E-state index in [0.717, 1.165) is 42.4 Å². The summed E-state index contributed by atoms with van der Waals surface area (Å²) in [6, 6.07) is 7.40. The first kappa shape index (κ1) is 17.4. The van der Waals surface area contributed by atoms with Crippen LogP contribution >= 0.6 is 0 Å². The molecule has 1 aromatic carbocycles. The van der Waals surface area contributed by atoms with E-state index in [2.05, 4.69) is 0 Å². The van der Waals surface area contributed by atoms with Gasteiger partial charge in [-0.1, -0.05) is 43.7 Å². The summed E-state index contributed by atoms with van der Waals surface area (Å²) in [5.41, 5.74) is 2.82. The summed E-state index contributed by atoms with van der Waals surface area (Å²) in [6.45, 7) is 1.62. The second-order valence-electron chi connectivity index (χ2n) is 5.19. The van der Waals surface area contributed by atoms with Gasteiger partial charge < -0.3 is 15.0 Å². The van der Waals surface area contributed by atoms with E-state index >= 15 is 0 Å². The molecule has 0 amide bonds. The fourth-order valence-electron chi connectivity index (χ4n) is 2.42. The minimum Gasteiger partial charge on any atom is -0.550 e. The summed E-state index contributed by atoms with van der Waals surface area (Å²) in [4.78, 5) is 10.8. The molecule has 102 valence electrons. The van der Waals surface area contributed by atoms with Gasteiger partial charge in [0.1, 0.15) is 0 Å². The number of aliphatic hydroxyl groups is 1. The van der Waals surface area contributed by atoms with Gasteiger partial charge in [0.05, 0.1) is 6.10 Å². The number of carboxylic acid groups (broad SMARTS) is 1. The SMILES string of the molecule is CC(C(=O)[O-])c1ccc(/C=C2/CCCCC2O)cc1.[Na+]. The second-order valence-corrected chi connectivity index (χ2v) is 5.19. The quantitative estimate of drug-likeness (QED) is 0.713. The summed E-state index contributed by atoms with van der Waals surface area (Å²) in [5.74, 6) is -1.66. The molecule has 1 aromatic rings. The van der Waals surface area contributed by atoms with Gasteiger partial charge in [0.15, 0.2) is 0 Å². The van der Waals surface area contributed by atoms with Crippen LogP contribution in [0.4, 0.5) is 0 Å². The monoisotopic (exact) mass is 282 g/mol. The number of carbonyl (C=O) groups excluding carboxylic acids is 1. The molecule has 1 fully saturated rings. The van der Waals surface area contributed by atoms with Crippen molar-refractivity contribution in [3.05, 3.63) is 41.0 Å². The van der Waals surface area contributed by atoms with E-state index in [0.29, 0.717) is 0 Å². The zero-order chi connectivity index (χ0) is 13.8. The van der Waals surface area contributed by atoms with Gasteiger partial charge in [-0.05, 0) is 36.0 Å². The third-order valence-electron chi connectivity index (χ3n) is 3.76. The number of carboxylic acids is 1. The Morgan fingerprint density at radius 1 is 1.35 bits per heavy atom. The Morgan fingerprint density at radius 3 is 2.55 bits per heavy atom. The normalized spacial score (nSPS) is 22.1. The average molecular weight is 282 g/mol. The van der Waals surface area contributed by atoms with Gasteiger partial charge in [0, 0.05) is 11.9 Å². The maximum absolute atomic E-state index is 10.8. The van der Waals surface area contributed by atoms with Gasteiger partial charge in [0.2, 0.25) is 0 Å². The number of aliphatic carboxylic acids is 1. The molecule has 2 atom stereocenters. The molecule has 2 unspecified atom stereocenters. The summed E-state index contributed by atoms with van der Waals surface area (Å²) >= 11 is 0. The van der Waals surface area contributed by atoms with Crippen LogP contribution in [0.25, 0.3) is 6.08 Å². The molecule has 0 aliphatic heterocycles. The first-order valence-electron chi connectivity index (χ1n) is 6.77. The maximum Gasteiger partial charge on any atom is 1.00 e. The summed E-state index contributed by atoms with van der Waals surface area (Å²) in [6.07, 6.45) is 5.68. The van der Waals surface area contributed by atoms with Crippen molar-refractivity contribution in [3.63, 3.8) is 0 Å². The van der Waals surface area contributed by atoms with Crippen LogP contribution in [-0.2, 0) is 4.79 Å². The minimum absolute atomic E-state index is 0. The van der Waals surface area contributed by atoms with Gasteiger partial charge >= 0.3 is 29.6 Å². The van der Waals surface area contributed by atoms with Crippen molar-refractivity contribution in [1.29, 1.82) is 0 Å². The zero-order valence-electron chi connectivity index (χ0n) is 12.1. The summed E-state index contributed by atoms with van der Waals surface area (Å²) in [7, 11) is 0. The molecule has 1 aliphatic rings. The van der Waals surface area contributed by atoms with Gasteiger partial charge in [-0.15, -0.1) is 0 Å². The number of aliphatic hydroxyl groups excluding tert-OH is 1. The first-order valence-corrected chi connectivity index (χ1v) is 6.77. The Kier molecular flexibility index (Phi) is 6.96. The van der Waals surface area contributed by atoms with Crippen LogP contribution in [0.15, 0.2) is 29.8 Å². The molecule has 4 heteroatoms. The summed E-state index contributed by atoms with van der Waals surface area (Å²) < 4.78 is 0. The Morgan fingerprint density at radius 2 is 2.00 bits per heavy atom. The first-order chi connectivity index (χ1) is 9.08. The molecule has 2 rings (SSSR count). The molecule has 0 bridgehead atoms. The number of carbonyl (C=O) groups is 1. The fourth-order valence-corrected chi connectivity index (χ4v) is 2.42. The van der Waals surface area contributed by atoms with Crippen molar-refractivity contribution >= 4 is 12.0 Å². The van der Waals surface area contributed by atoms with Gasteiger partial charge in [-0.3, -0.25) is 0 Å². The predicted molar refractivity (Wildman–Crippen MR) is 72.3 cm³/mol. The van der Waals surface area contributed by atoms with Crippen LogP contribution in [-0.4, -0.2) is 17.2 Å². The molecule has 1 saturated carbocycles. The molecule has 0 heterocycles. The summed E-state index contributed by atoms with van der Waals surface area (Å²) in [5, 5.41) is 20.7. The van der Waals surface area contributed by atoms with Crippen LogP contribution in [0, 0.1) is 0 Å². The fraction of sp³-hybridized carbons (Fsp3) is 0.438. The average Bonchev–Trinajstić information content (AvgIpc) is 2.41. The smallest absolute Gasteiger partial charge is 0.550 e. The van der Waals surface area contributed by atoms with Crippen LogP contribution in [0.2, 0.25) is 0 Å². The molecule has 1 aliphatic carbocycles. The number of rotatable bonds is 3. The molecule has 0 saturated heterocycles. The predicted octanol–water partition coefficient (Wildman–Crippen LogP) is -1.14. The third kappa shape index (κ3) is 4.45. The minimum atomic E-state index is -1.06. The van der Waals surface area contributed by atoms with E-state index in [1.807, 2.05) is 30.3 Å². The van der Waals surface area contributed by atoms with Crippen LogP contribution in [0.3, 0.4) is 0 Å². The molecule has 20 heavy (non-hydrogen) atoms. The molecule has 1 N–H and O–H groups in total. The van der Waals surface area contributed by atoms with Crippen molar-refractivity contribution in [1.82, 2.24) is 0 Å². The Hall–Kier alpha value is -0.610. The maximum atomic E-state index is 10.8.